The summed E-state index contributed by atoms with van der Waals surface area (Å²) in [6, 6.07) is 6.84. The number of rotatable bonds is 6. The Morgan fingerprint density at radius 3 is 2.95 bits per heavy atom. The standard InChI is InChI=1S/C17H28ClN3/c1-4-9-19-12-14-7-8-15(18)11-17(14)21(3)16-6-5-10-20(2)13-16/h7-8,11,16,19H,4-6,9-10,12-13H2,1-3H3. The second-order valence-corrected chi connectivity index (χ2v) is 6.56. The number of anilines is 1. The van der Waals surface area contributed by atoms with Crippen molar-refractivity contribution in [3.8, 4) is 0 Å². The molecule has 21 heavy (non-hydrogen) atoms. The minimum Gasteiger partial charge on any atom is -0.370 e. The molecular formula is C17H28ClN3. The summed E-state index contributed by atoms with van der Waals surface area (Å²) in [7, 11) is 4.42. The third kappa shape index (κ3) is 4.60. The number of halogens is 1. The first-order valence-corrected chi connectivity index (χ1v) is 8.40. The van der Waals surface area contributed by atoms with Crippen LogP contribution >= 0.6 is 11.6 Å². The van der Waals surface area contributed by atoms with Gasteiger partial charge in [-0.3, -0.25) is 0 Å². The molecule has 1 heterocycles. The van der Waals surface area contributed by atoms with E-state index in [-0.39, 0.29) is 0 Å². The molecule has 1 atom stereocenters. The maximum atomic E-state index is 6.23. The van der Waals surface area contributed by atoms with E-state index in [0.717, 1.165) is 31.1 Å². The second-order valence-electron chi connectivity index (χ2n) is 6.12. The largest absolute Gasteiger partial charge is 0.370 e. The molecule has 118 valence electrons. The van der Waals surface area contributed by atoms with Gasteiger partial charge in [-0.05, 0) is 57.1 Å². The van der Waals surface area contributed by atoms with Gasteiger partial charge in [-0.15, -0.1) is 0 Å². The average Bonchev–Trinajstić information content (AvgIpc) is 2.48. The molecule has 0 spiro atoms. The van der Waals surface area contributed by atoms with E-state index in [9.17, 15) is 0 Å². The van der Waals surface area contributed by atoms with E-state index in [0.29, 0.717) is 6.04 Å². The molecule has 0 radical (unpaired) electrons. The van der Waals surface area contributed by atoms with Crippen LogP contribution < -0.4 is 10.2 Å². The molecule has 0 saturated carbocycles. The van der Waals surface area contributed by atoms with Crippen LogP contribution in [0, 0.1) is 0 Å². The summed E-state index contributed by atoms with van der Waals surface area (Å²) >= 11 is 6.23. The lowest BCUT2D eigenvalue weighted by molar-refractivity contribution is 0.248. The minimum absolute atomic E-state index is 0.576. The smallest absolute Gasteiger partial charge is 0.0427 e. The Hall–Kier alpha value is -0.770. The lowest BCUT2D eigenvalue weighted by atomic mass is 10.0. The van der Waals surface area contributed by atoms with Gasteiger partial charge in [0.25, 0.3) is 0 Å². The van der Waals surface area contributed by atoms with E-state index in [1.807, 2.05) is 6.07 Å². The van der Waals surface area contributed by atoms with Gasteiger partial charge < -0.3 is 15.1 Å². The van der Waals surface area contributed by atoms with Gasteiger partial charge in [0, 0.05) is 36.9 Å². The molecule has 1 aromatic rings. The summed E-state index contributed by atoms with van der Waals surface area (Å²) in [6.07, 6.45) is 3.69. The molecule has 1 fully saturated rings. The van der Waals surface area contributed by atoms with Gasteiger partial charge >= 0.3 is 0 Å². The fraction of sp³-hybridized carbons (Fsp3) is 0.647. The predicted molar refractivity (Wildman–Crippen MR) is 92.4 cm³/mol. The maximum absolute atomic E-state index is 6.23. The number of hydrogen-bond acceptors (Lipinski definition) is 3. The lowest BCUT2D eigenvalue weighted by Crippen LogP contribution is -2.45. The first-order valence-electron chi connectivity index (χ1n) is 8.02. The van der Waals surface area contributed by atoms with Crippen LogP contribution in [0.25, 0.3) is 0 Å². The normalized spacial score (nSPS) is 19.7. The quantitative estimate of drug-likeness (QED) is 0.813. The molecule has 0 amide bonds. The van der Waals surface area contributed by atoms with Crippen molar-refractivity contribution < 1.29 is 0 Å². The van der Waals surface area contributed by atoms with Crippen molar-refractivity contribution >= 4 is 17.3 Å². The molecule has 0 aliphatic carbocycles. The van der Waals surface area contributed by atoms with Crippen molar-refractivity contribution in [2.45, 2.75) is 38.8 Å². The van der Waals surface area contributed by atoms with E-state index in [2.05, 4.69) is 48.3 Å². The van der Waals surface area contributed by atoms with Gasteiger partial charge in [0.15, 0.2) is 0 Å². The number of likely N-dealkylation sites (tertiary alicyclic amines) is 1. The van der Waals surface area contributed by atoms with Gasteiger partial charge in [0.1, 0.15) is 0 Å². The van der Waals surface area contributed by atoms with Crippen LogP contribution in [-0.2, 0) is 6.54 Å². The first-order chi connectivity index (χ1) is 10.1. The number of likely N-dealkylation sites (N-methyl/N-ethyl adjacent to an activating group) is 2. The SMILES string of the molecule is CCCNCc1ccc(Cl)cc1N(C)C1CCCN(C)C1. The monoisotopic (exact) mass is 309 g/mol. The topological polar surface area (TPSA) is 18.5 Å². The third-order valence-corrected chi connectivity index (χ3v) is 4.55. The summed E-state index contributed by atoms with van der Waals surface area (Å²) in [5, 5.41) is 4.32. The molecule has 2 rings (SSSR count). The molecule has 1 aromatic carbocycles. The van der Waals surface area contributed by atoms with Crippen LogP contribution in [0.4, 0.5) is 5.69 Å². The molecule has 1 aliphatic rings. The zero-order valence-corrected chi connectivity index (χ0v) is 14.3. The van der Waals surface area contributed by atoms with Crippen LogP contribution in [0.15, 0.2) is 18.2 Å². The lowest BCUT2D eigenvalue weighted by Gasteiger charge is -2.38. The van der Waals surface area contributed by atoms with E-state index >= 15 is 0 Å². The Balaban J connectivity index is 2.13. The van der Waals surface area contributed by atoms with Crippen molar-refractivity contribution in [3.63, 3.8) is 0 Å². The predicted octanol–water partition coefficient (Wildman–Crippen LogP) is 3.37. The summed E-state index contributed by atoms with van der Waals surface area (Å²) in [4.78, 5) is 4.84. The van der Waals surface area contributed by atoms with Gasteiger partial charge in [0.05, 0.1) is 0 Å². The fourth-order valence-electron chi connectivity index (χ4n) is 3.07. The highest BCUT2D eigenvalue weighted by Gasteiger charge is 2.22. The number of nitrogens with one attached hydrogen (secondary N) is 1. The van der Waals surface area contributed by atoms with Crippen LogP contribution in [0.3, 0.4) is 0 Å². The molecule has 1 unspecified atom stereocenters. The fourth-order valence-corrected chi connectivity index (χ4v) is 3.23. The zero-order chi connectivity index (χ0) is 15.2. The first kappa shape index (κ1) is 16.6. The number of nitrogens with zero attached hydrogens (tertiary/aromatic N) is 2. The molecule has 4 heteroatoms. The van der Waals surface area contributed by atoms with Crippen LogP contribution in [0.2, 0.25) is 5.02 Å². The van der Waals surface area contributed by atoms with Crippen molar-refractivity contribution in [2.75, 3.05) is 38.6 Å². The van der Waals surface area contributed by atoms with Gasteiger partial charge in [0.2, 0.25) is 0 Å². The second kappa shape index (κ2) is 8.02. The zero-order valence-electron chi connectivity index (χ0n) is 13.5. The van der Waals surface area contributed by atoms with Gasteiger partial charge in [-0.25, -0.2) is 0 Å². The van der Waals surface area contributed by atoms with Crippen molar-refractivity contribution in [1.29, 1.82) is 0 Å². The summed E-state index contributed by atoms with van der Waals surface area (Å²) in [5.41, 5.74) is 2.61. The van der Waals surface area contributed by atoms with Gasteiger partial charge in [-0.2, -0.15) is 0 Å². The average molecular weight is 310 g/mol. The third-order valence-electron chi connectivity index (χ3n) is 4.32. The summed E-state index contributed by atoms with van der Waals surface area (Å²) in [6.45, 7) is 6.50. The highest BCUT2D eigenvalue weighted by molar-refractivity contribution is 6.30. The number of hydrogen-bond donors (Lipinski definition) is 1. The Labute approximate surface area is 134 Å². The van der Waals surface area contributed by atoms with Crippen LogP contribution in [0.1, 0.15) is 31.7 Å². The number of benzene rings is 1. The number of piperidine rings is 1. The summed E-state index contributed by atoms with van der Waals surface area (Å²) < 4.78 is 0. The van der Waals surface area contributed by atoms with E-state index in [1.54, 1.807) is 0 Å². The van der Waals surface area contributed by atoms with E-state index in [1.165, 1.54) is 30.6 Å². The molecule has 3 nitrogen and oxygen atoms in total. The highest BCUT2D eigenvalue weighted by atomic mass is 35.5. The Kier molecular flexibility index (Phi) is 6.34. The minimum atomic E-state index is 0.576. The molecule has 1 saturated heterocycles. The Morgan fingerprint density at radius 2 is 2.24 bits per heavy atom. The van der Waals surface area contributed by atoms with Gasteiger partial charge in [-0.1, -0.05) is 24.6 Å². The Morgan fingerprint density at radius 1 is 1.43 bits per heavy atom. The molecule has 1 N–H and O–H groups in total. The summed E-state index contributed by atoms with van der Waals surface area (Å²) in [5.74, 6) is 0. The van der Waals surface area contributed by atoms with E-state index in [4.69, 9.17) is 11.6 Å². The highest BCUT2D eigenvalue weighted by Crippen LogP contribution is 2.28. The van der Waals surface area contributed by atoms with Crippen LogP contribution in [0.5, 0.6) is 0 Å². The molecular weight excluding hydrogens is 282 g/mol. The Bertz CT molecular complexity index is 450. The molecule has 1 aliphatic heterocycles. The van der Waals surface area contributed by atoms with E-state index < -0.39 is 0 Å². The maximum Gasteiger partial charge on any atom is 0.0427 e. The van der Waals surface area contributed by atoms with Crippen LogP contribution in [-0.4, -0.2) is 44.7 Å². The molecule has 0 aromatic heterocycles. The molecule has 0 bridgehead atoms. The van der Waals surface area contributed by atoms with Crippen molar-refractivity contribution in [2.24, 2.45) is 0 Å². The van der Waals surface area contributed by atoms with Crippen molar-refractivity contribution in [3.05, 3.63) is 28.8 Å². The van der Waals surface area contributed by atoms with Crippen molar-refractivity contribution in [1.82, 2.24) is 10.2 Å².